The van der Waals surface area contributed by atoms with Crippen molar-refractivity contribution < 1.29 is 4.39 Å². The van der Waals surface area contributed by atoms with Crippen LogP contribution in [0.25, 0.3) is 38.8 Å². The molecule has 0 amide bonds. The molecular weight excluding hydrogens is 361 g/mol. The fourth-order valence-corrected chi connectivity index (χ4v) is 3.46. The predicted molar refractivity (Wildman–Crippen MR) is 107 cm³/mol. The van der Waals surface area contributed by atoms with Gasteiger partial charge in [-0.1, -0.05) is 41.9 Å². The Bertz CT molecular complexity index is 1280. The van der Waals surface area contributed by atoms with Gasteiger partial charge in [-0.2, -0.15) is 5.10 Å². The molecule has 0 fully saturated rings. The normalized spacial score (nSPS) is 11.3. The van der Waals surface area contributed by atoms with Crippen LogP contribution in [0, 0.1) is 5.82 Å². The van der Waals surface area contributed by atoms with Gasteiger partial charge in [0, 0.05) is 33.6 Å². The predicted octanol–water partition coefficient (Wildman–Crippen LogP) is 6.03. The first-order valence-corrected chi connectivity index (χ1v) is 8.87. The molecule has 0 aliphatic heterocycles. The second-order valence-electron chi connectivity index (χ2n) is 6.28. The highest BCUT2D eigenvalue weighted by atomic mass is 35.5. The number of aromatic nitrogens is 3. The number of halogens is 2. The summed E-state index contributed by atoms with van der Waals surface area (Å²) >= 11 is 6.05. The van der Waals surface area contributed by atoms with Gasteiger partial charge in [0.15, 0.2) is 0 Å². The summed E-state index contributed by atoms with van der Waals surface area (Å²) in [6.45, 7) is 0. The number of hydrogen-bond acceptors (Lipinski definition) is 2. The molecular formula is C22H13ClFN3. The van der Waals surface area contributed by atoms with Gasteiger partial charge in [0.1, 0.15) is 11.5 Å². The van der Waals surface area contributed by atoms with Crippen molar-refractivity contribution in [1.82, 2.24) is 14.8 Å². The average Bonchev–Trinajstić information content (AvgIpc) is 3.09. The fraction of sp³-hybridized carbons (Fsp3) is 0. The lowest BCUT2D eigenvalue weighted by Crippen LogP contribution is -1.97. The molecule has 0 atom stereocenters. The maximum atomic E-state index is 13.7. The summed E-state index contributed by atoms with van der Waals surface area (Å²) in [7, 11) is 0. The molecule has 5 heteroatoms. The van der Waals surface area contributed by atoms with E-state index in [2.05, 4.69) is 4.98 Å². The van der Waals surface area contributed by atoms with Crippen molar-refractivity contribution in [3.8, 4) is 16.9 Å². The zero-order valence-corrected chi connectivity index (χ0v) is 14.9. The molecule has 0 N–H and O–H groups in total. The molecule has 0 aliphatic rings. The van der Waals surface area contributed by atoms with E-state index in [1.165, 1.54) is 12.1 Å². The Morgan fingerprint density at radius 3 is 2.41 bits per heavy atom. The monoisotopic (exact) mass is 373 g/mol. The zero-order chi connectivity index (χ0) is 18.4. The van der Waals surface area contributed by atoms with Crippen molar-refractivity contribution in [1.29, 1.82) is 0 Å². The minimum atomic E-state index is -0.310. The smallest absolute Gasteiger partial charge is 0.125 e. The first kappa shape index (κ1) is 16.0. The van der Waals surface area contributed by atoms with Gasteiger partial charge in [-0.05, 0) is 36.4 Å². The van der Waals surface area contributed by atoms with Crippen LogP contribution in [-0.2, 0) is 0 Å². The molecule has 3 nitrogen and oxygen atoms in total. The fourth-order valence-electron chi connectivity index (χ4n) is 3.34. The molecule has 0 unspecified atom stereocenters. The highest BCUT2D eigenvalue weighted by Gasteiger charge is 2.17. The SMILES string of the molecule is Fc1ccc2c(c1)ncc1c(-c3ccccc3)nn(-c3ccc(Cl)cc3)c12. The standard InChI is InChI=1S/C22H13ClFN3/c23-15-6-9-17(10-7-15)27-22-18-11-8-16(24)12-20(18)25-13-19(22)21(26-27)14-4-2-1-3-5-14/h1-13H. The molecule has 2 heterocycles. The van der Waals surface area contributed by atoms with Gasteiger partial charge < -0.3 is 0 Å². The van der Waals surface area contributed by atoms with Gasteiger partial charge in [0.2, 0.25) is 0 Å². The molecule has 0 aliphatic carbocycles. The first-order valence-electron chi connectivity index (χ1n) is 8.49. The molecule has 2 aromatic heterocycles. The van der Waals surface area contributed by atoms with Crippen molar-refractivity contribution >= 4 is 33.4 Å². The van der Waals surface area contributed by atoms with E-state index in [0.29, 0.717) is 10.5 Å². The van der Waals surface area contributed by atoms with E-state index in [0.717, 1.165) is 33.2 Å². The number of pyridine rings is 1. The molecule has 0 saturated carbocycles. The van der Waals surface area contributed by atoms with Crippen molar-refractivity contribution in [2.45, 2.75) is 0 Å². The summed E-state index contributed by atoms with van der Waals surface area (Å²) in [5.41, 5.74) is 4.19. The minimum absolute atomic E-state index is 0.310. The van der Waals surface area contributed by atoms with Crippen LogP contribution in [0.15, 0.2) is 79.0 Å². The Balaban J connectivity index is 1.90. The summed E-state index contributed by atoms with van der Waals surface area (Å²) in [6.07, 6.45) is 1.76. The van der Waals surface area contributed by atoms with Crippen LogP contribution in [0.2, 0.25) is 5.02 Å². The second kappa shape index (κ2) is 6.18. The van der Waals surface area contributed by atoms with E-state index in [1.54, 1.807) is 12.3 Å². The molecule has 0 bridgehead atoms. The summed E-state index contributed by atoms with van der Waals surface area (Å²) in [5.74, 6) is -0.310. The molecule has 0 saturated heterocycles. The van der Waals surface area contributed by atoms with Crippen LogP contribution in [0.5, 0.6) is 0 Å². The molecule has 3 aromatic carbocycles. The summed E-state index contributed by atoms with van der Waals surface area (Å²) in [6, 6.07) is 22.1. The number of fused-ring (bicyclic) bond motifs is 3. The molecule has 130 valence electrons. The number of benzene rings is 3. The van der Waals surface area contributed by atoms with E-state index in [9.17, 15) is 4.39 Å². The molecule has 0 radical (unpaired) electrons. The van der Waals surface area contributed by atoms with Crippen LogP contribution in [-0.4, -0.2) is 14.8 Å². The highest BCUT2D eigenvalue weighted by Crippen LogP contribution is 2.33. The molecule has 5 rings (SSSR count). The third-order valence-electron chi connectivity index (χ3n) is 4.59. The Morgan fingerprint density at radius 2 is 1.63 bits per heavy atom. The van der Waals surface area contributed by atoms with Gasteiger partial charge in [0.05, 0.1) is 16.7 Å². The topological polar surface area (TPSA) is 30.7 Å². The number of hydrogen-bond donors (Lipinski definition) is 0. The van der Waals surface area contributed by atoms with Crippen LogP contribution < -0.4 is 0 Å². The van der Waals surface area contributed by atoms with Crippen LogP contribution in [0.4, 0.5) is 4.39 Å². The number of nitrogens with zero attached hydrogens (tertiary/aromatic N) is 3. The maximum Gasteiger partial charge on any atom is 0.125 e. The molecule has 5 aromatic rings. The summed E-state index contributed by atoms with van der Waals surface area (Å²) in [5, 5.41) is 7.29. The van der Waals surface area contributed by atoms with Crippen molar-refractivity contribution in [2.75, 3.05) is 0 Å². The van der Waals surface area contributed by atoms with E-state index in [4.69, 9.17) is 16.7 Å². The van der Waals surface area contributed by atoms with Crippen molar-refractivity contribution in [2.24, 2.45) is 0 Å². The third-order valence-corrected chi connectivity index (χ3v) is 4.84. The van der Waals surface area contributed by atoms with Gasteiger partial charge in [-0.15, -0.1) is 0 Å². The van der Waals surface area contributed by atoms with Crippen LogP contribution in [0.3, 0.4) is 0 Å². The second-order valence-corrected chi connectivity index (χ2v) is 6.72. The maximum absolute atomic E-state index is 13.7. The van der Waals surface area contributed by atoms with E-state index in [1.807, 2.05) is 59.3 Å². The average molecular weight is 374 g/mol. The van der Waals surface area contributed by atoms with Crippen LogP contribution in [0.1, 0.15) is 0 Å². The summed E-state index contributed by atoms with van der Waals surface area (Å²) in [4.78, 5) is 4.46. The lowest BCUT2D eigenvalue weighted by Gasteiger charge is -2.06. The van der Waals surface area contributed by atoms with Crippen molar-refractivity contribution in [3.05, 3.63) is 89.8 Å². The Morgan fingerprint density at radius 1 is 0.852 bits per heavy atom. The molecule has 0 spiro atoms. The van der Waals surface area contributed by atoms with Crippen molar-refractivity contribution in [3.63, 3.8) is 0 Å². The van der Waals surface area contributed by atoms with Crippen LogP contribution >= 0.6 is 11.6 Å². The van der Waals surface area contributed by atoms with Gasteiger partial charge >= 0.3 is 0 Å². The Hall–Kier alpha value is -3.24. The highest BCUT2D eigenvalue weighted by molar-refractivity contribution is 6.30. The van der Waals surface area contributed by atoms with Gasteiger partial charge in [-0.3, -0.25) is 4.98 Å². The summed E-state index contributed by atoms with van der Waals surface area (Å²) < 4.78 is 15.6. The Labute approximate surface area is 159 Å². The third kappa shape index (κ3) is 2.66. The van der Waals surface area contributed by atoms with Gasteiger partial charge in [-0.25, -0.2) is 9.07 Å². The number of rotatable bonds is 2. The lowest BCUT2D eigenvalue weighted by molar-refractivity contribution is 0.629. The van der Waals surface area contributed by atoms with E-state index < -0.39 is 0 Å². The van der Waals surface area contributed by atoms with E-state index in [-0.39, 0.29) is 5.82 Å². The zero-order valence-electron chi connectivity index (χ0n) is 14.1. The quantitative estimate of drug-likeness (QED) is 0.378. The molecule has 27 heavy (non-hydrogen) atoms. The van der Waals surface area contributed by atoms with E-state index >= 15 is 0 Å². The largest absolute Gasteiger partial charge is 0.255 e. The minimum Gasteiger partial charge on any atom is -0.255 e. The Kier molecular flexibility index (Phi) is 3.66. The first-order chi connectivity index (χ1) is 13.2. The lowest BCUT2D eigenvalue weighted by atomic mass is 10.1. The van der Waals surface area contributed by atoms with Gasteiger partial charge in [0.25, 0.3) is 0 Å².